The van der Waals surface area contributed by atoms with Crippen molar-refractivity contribution >= 4 is 17.6 Å². The molecule has 2 aromatic rings. The largest absolute Gasteiger partial charge is 0.476 e. The second-order valence-corrected chi connectivity index (χ2v) is 3.27. The van der Waals surface area contributed by atoms with E-state index in [9.17, 15) is 4.79 Å². The molecule has 2 heterocycles. The van der Waals surface area contributed by atoms with Crippen molar-refractivity contribution in [3.05, 3.63) is 29.2 Å². The maximum absolute atomic E-state index is 10.8. The molecule has 15 heavy (non-hydrogen) atoms. The van der Waals surface area contributed by atoms with Crippen molar-refractivity contribution in [1.82, 2.24) is 9.55 Å². The van der Waals surface area contributed by atoms with E-state index in [4.69, 9.17) is 21.1 Å². The summed E-state index contributed by atoms with van der Waals surface area (Å²) in [5.74, 6) is -0.289. The van der Waals surface area contributed by atoms with Crippen molar-refractivity contribution in [3.63, 3.8) is 0 Å². The van der Waals surface area contributed by atoms with Crippen LogP contribution in [0.5, 0.6) is 0 Å². The van der Waals surface area contributed by atoms with Gasteiger partial charge in [-0.05, 0) is 12.1 Å². The topological polar surface area (TPSA) is 68.3 Å². The Bertz CT molecular complexity index is 502. The number of carbonyl (C=O) groups is 1. The maximum Gasteiger partial charge on any atom is 0.357 e. The zero-order chi connectivity index (χ0) is 11.0. The lowest BCUT2D eigenvalue weighted by Crippen LogP contribution is -1.97. The minimum Gasteiger partial charge on any atom is -0.476 e. The molecule has 0 aliphatic carbocycles. The monoisotopic (exact) mass is 226 g/mol. The van der Waals surface area contributed by atoms with E-state index in [1.807, 2.05) is 0 Å². The first-order chi connectivity index (χ1) is 7.11. The highest BCUT2D eigenvalue weighted by atomic mass is 35.5. The van der Waals surface area contributed by atoms with E-state index >= 15 is 0 Å². The highest BCUT2D eigenvalue weighted by Gasteiger charge is 2.20. The van der Waals surface area contributed by atoms with Crippen LogP contribution in [0.1, 0.15) is 10.5 Å². The van der Waals surface area contributed by atoms with Gasteiger partial charge in [-0.2, -0.15) is 0 Å². The van der Waals surface area contributed by atoms with Gasteiger partial charge in [0.1, 0.15) is 5.15 Å². The van der Waals surface area contributed by atoms with E-state index < -0.39 is 5.97 Å². The average molecular weight is 227 g/mol. The van der Waals surface area contributed by atoms with E-state index in [-0.39, 0.29) is 10.8 Å². The lowest BCUT2D eigenvalue weighted by atomic mass is 10.4. The number of carboxylic acid groups (broad SMARTS) is 1. The summed E-state index contributed by atoms with van der Waals surface area (Å²) in [7, 11) is 1.62. The molecule has 6 heteroatoms. The van der Waals surface area contributed by atoms with Crippen LogP contribution < -0.4 is 0 Å². The highest BCUT2D eigenvalue weighted by molar-refractivity contribution is 6.32. The summed E-state index contributed by atoms with van der Waals surface area (Å²) < 4.78 is 6.58. The lowest BCUT2D eigenvalue weighted by Gasteiger charge is -1.97. The number of rotatable bonds is 2. The number of halogens is 1. The molecule has 0 fully saturated rings. The van der Waals surface area contributed by atoms with Gasteiger partial charge in [0, 0.05) is 7.05 Å². The van der Waals surface area contributed by atoms with Crippen LogP contribution in [0.4, 0.5) is 0 Å². The second kappa shape index (κ2) is 3.43. The number of carboxylic acids is 1. The van der Waals surface area contributed by atoms with Gasteiger partial charge < -0.3 is 14.1 Å². The van der Waals surface area contributed by atoms with Crippen LogP contribution in [0.25, 0.3) is 11.6 Å². The predicted molar refractivity (Wildman–Crippen MR) is 52.9 cm³/mol. The van der Waals surface area contributed by atoms with E-state index in [0.717, 1.165) is 0 Å². The molecule has 0 saturated heterocycles. The molecule has 0 amide bonds. The van der Waals surface area contributed by atoms with Crippen LogP contribution in [0.3, 0.4) is 0 Å². The Morgan fingerprint density at radius 3 is 2.87 bits per heavy atom. The number of hydrogen-bond donors (Lipinski definition) is 1. The number of furan rings is 1. The molecule has 0 unspecified atom stereocenters. The van der Waals surface area contributed by atoms with Gasteiger partial charge in [-0.15, -0.1) is 0 Å². The fourth-order valence-electron chi connectivity index (χ4n) is 1.24. The van der Waals surface area contributed by atoms with Crippen molar-refractivity contribution in [2.45, 2.75) is 0 Å². The summed E-state index contributed by atoms with van der Waals surface area (Å²) in [5, 5.41) is 8.89. The molecule has 0 radical (unpaired) electrons. The SMILES string of the molecule is Cn1c(-c2ccco2)nc(C(=O)O)c1Cl. The molecule has 0 bridgehead atoms. The van der Waals surface area contributed by atoms with Crippen molar-refractivity contribution in [3.8, 4) is 11.6 Å². The van der Waals surface area contributed by atoms with Gasteiger partial charge in [0.15, 0.2) is 17.3 Å². The Morgan fingerprint density at radius 1 is 1.67 bits per heavy atom. The molecule has 5 nitrogen and oxygen atoms in total. The summed E-state index contributed by atoms with van der Waals surface area (Å²) in [6.45, 7) is 0. The van der Waals surface area contributed by atoms with Crippen molar-refractivity contribution in [2.75, 3.05) is 0 Å². The quantitative estimate of drug-likeness (QED) is 0.851. The smallest absolute Gasteiger partial charge is 0.357 e. The van der Waals surface area contributed by atoms with Gasteiger partial charge in [0.25, 0.3) is 0 Å². The second-order valence-electron chi connectivity index (χ2n) is 2.92. The van der Waals surface area contributed by atoms with E-state index in [2.05, 4.69) is 4.98 Å². The minimum atomic E-state index is -1.16. The first-order valence-electron chi connectivity index (χ1n) is 4.10. The highest BCUT2D eigenvalue weighted by Crippen LogP contribution is 2.24. The minimum absolute atomic E-state index is 0.0777. The zero-order valence-corrected chi connectivity index (χ0v) is 8.52. The number of nitrogens with zero attached hydrogens (tertiary/aromatic N) is 2. The fourth-order valence-corrected chi connectivity index (χ4v) is 1.44. The molecular weight excluding hydrogens is 220 g/mol. The molecule has 1 N–H and O–H groups in total. The Balaban J connectivity index is 2.60. The maximum atomic E-state index is 10.8. The standard InChI is InChI=1S/C9H7ClN2O3/c1-12-7(10)6(9(13)14)11-8(12)5-3-2-4-15-5/h2-4H,1H3,(H,13,14). The van der Waals surface area contributed by atoms with Gasteiger partial charge in [0.05, 0.1) is 6.26 Å². The third-order valence-electron chi connectivity index (χ3n) is 1.97. The molecule has 0 atom stereocenters. The van der Waals surface area contributed by atoms with Crippen molar-refractivity contribution < 1.29 is 14.3 Å². The van der Waals surface area contributed by atoms with Gasteiger partial charge in [-0.25, -0.2) is 9.78 Å². The Morgan fingerprint density at radius 2 is 2.40 bits per heavy atom. The van der Waals surface area contributed by atoms with Crippen LogP contribution in [-0.2, 0) is 7.05 Å². The number of hydrogen-bond acceptors (Lipinski definition) is 3. The van der Waals surface area contributed by atoms with E-state index in [0.29, 0.717) is 11.6 Å². The summed E-state index contributed by atoms with van der Waals surface area (Å²) >= 11 is 5.80. The summed E-state index contributed by atoms with van der Waals surface area (Å²) in [6, 6.07) is 3.38. The van der Waals surface area contributed by atoms with Crippen LogP contribution in [0.15, 0.2) is 22.8 Å². The predicted octanol–water partition coefficient (Wildman–Crippen LogP) is 2.03. The fraction of sp³-hybridized carbons (Fsp3) is 0.111. The number of aromatic carboxylic acids is 1. The Labute approximate surface area is 89.9 Å². The first kappa shape index (κ1) is 9.79. The molecule has 0 saturated carbocycles. The molecule has 0 aliphatic rings. The molecule has 2 aromatic heterocycles. The van der Waals surface area contributed by atoms with Crippen molar-refractivity contribution in [2.24, 2.45) is 7.05 Å². The van der Waals surface area contributed by atoms with Crippen molar-refractivity contribution in [1.29, 1.82) is 0 Å². The van der Waals surface area contributed by atoms with E-state index in [1.54, 1.807) is 19.2 Å². The third kappa shape index (κ3) is 1.50. The third-order valence-corrected chi connectivity index (χ3v) is 2.40. The van der Waals surface area contributed by atoms with Crippen LogP contribution in [0.2, 0.25) is 5.15 Å². The Hall–Kier alpha value is -1.75. The molecule has 2 rings (SSSR count). The lowest BCUT2D eigenvalue weighted by molar-refractivity contribution is 0.0691. The van der Waals surface area contributed by atoms with Crippen LogP contribution in [-0.4, -0.2) is 20.6 Å². The average Bonchev–Trinajstić information content (AvgIpc) is 2.77. The molecule has 78 valence electrons. The Kier molecular flexibility index (Phi) is 2.24. The van der Waals surface area contributed by atoms with E-state index in [1.165, 1.54) is 10.8 Å². The van der Waals surface area contributed by atoms with Gasteiger partial charge in [-0.1, -0.05) is 11.6 Å². The number of imidazole rings is 1. The number of aromatic nitrogens is 2. The summed E-state index contributed by atoms with van der Waals surface area (Å²) in [4.78, 5) is 14.7. The first-order valence-corrected chi connectivity index (χ1v) is 4.48. The van der Waals surface area contributed by atoms with Crippen LogP contribution >= 0.6 is 11.6 Å². The van der Waals surface area contributed by atoms with Gasteiger partial charge in [0.2, 0.25) is 0 Å². The van der Waals surface area contributed by atoms with Crippen LogP contribution in [0, 0.1) is 0 Å². The normalized spacial score (nSPS) is 10.5. The zero-order valence-electron chi connectivity index (χ0n) is 7.77. The molecule has 0 spiro atoms. The van der Waals surface area contributed by atoms with Gasteiger partial charge in [-0.3, -0.25) is 0 Å². The van der Waals surface area contributed by atoms with Gasteiger partial charge >= 0.3 is 5.97 Å². The summed E-state index contributed by atoms with van der Waals surface area (Å²) in [5.41, 5.74) is -0.175. The molecular formula is C9H7ClN2O3. The molecule has 0 aromatic carbocycles. The summed E-state index contributed by atoms with van der Waals surface area (Å²) in [6.07, 6.45) is 1.48. The molecule has 0 aliphatic heterocycles.